The zero-order valence-electron chi connectivity index (χ0n) is 9.08. The van der Waals surface area contributed by atoms with Gasteiger partial charge in [0.05, 0.1) is 5.92 Å². The van der Waals surface area contributed by atoms with Crippen molar-refractivity contribution in [2.24, 2.45) is 0 Å². The first-order chi connectivity index (χ1) is 8.29. The number of carboxylic acid groups (broad SMARTS) is 1. The van der Waals surface area contributed by atoms with Crippen molar-refractivity contribution in [2.45, 2.75) is 17.8 Å². The summed E-state index contributed by atoms with van der Waals surface area (Å²) in [5, 5.41) is 9.02. The number of rotatable bonds is 5. The third-order valence-electron chi connectivity index (χ3n) is 2.24. The van der Waals surface area contributed by atoms with Crippen molar-refractivity contribution in [3.05, 3.63) is 34.3 Å². The highest BCUT2D eigenvalue weighted by Crippen LogP contribution is 2.33. The van der Waals surface area contributed by atoms with E-state index in [4.69, 9.17) is 5.11 Å². The summed E-state index contributed by atoms with van der Waals surface area (Å²) in [5.74, 6) is -2.29. The van der Waals surface area contributed by atoms with Gasteiger partial charge in [-0.15, -0.1) is 0 Å². The number of hydrogen-bond acceptors (Lipinski definition) is 2. The molecule has 0 saturated heterocycles. The van der Waals surface area contributed by atoms with Crippen molar-refractivity contribution in [1.82, 2.24) is 0 Å². The van der Waals surface area contributed by atoms with E-state index in [-0.39, 0.29) is 23.9 Å². The summed E-state index contributed by atoms with van der Waals surface area (Å²) in [7, 11) is 0. The average molecular weight is 343 g/mol. The molecule has 100 valence electrons. The molecule has 1 aromatic carbocycles. The summed E-state index contributed by atoms with van der Waals surface area (Å²) in [6, 6.07) is 6.53. The SMILES string of the molecule is O=C(O)C(CCSC(F)(F)F)c1ccc(Br)cc1. The quantitative estimate of drug-likeness (QED) is 0.868. The number of benzene rings is 1. The van der Waals surface area contributed by atoms with Crippen LogP contribution in [0.5, 0.6) is 0 Å². The van der Waals surface area contributed by atoms with E-state index in [0.717, 1.165) is 4.47 Å². The van der Waals surface area contributed by atoms with E-state index in [1.54, 1.807) is 24.3 Å². The molecule has 1 N–H and O–H groups in total. The van der Waals surface area contributed by atoms with Crippen LogP contribution in [0.2, 0.25) is 0 Å². The zero-order valence-corrected chi connectivity index (χ0v) is 11.5. The third kappa shape index (κ3) is 5.30. The van der Waals surface area contributed by atoms with Crippen molar-refractivity contribution in [2.75, 3.05) is 5.75 Å². The van der Waals surface area contributed by atoms with Gasteiger partial charge in [0.25, 0.3) is 0 Å². The summed E-state index contributed by atoms with van der Waals surface area (Å²) >= 11 is 3.01. The molecule has 1 atom stereocenters. The van der Waals surface area contributed by atoms with Gasteiger partial charge in [-0.25, -0.2) is 0 Å². The van der Waals surface area contributed by atoms with E-state index < -0.39 is 17.4 Å². The molecule has 0 fully saturated rings. The predicted molar refractivity (Wildman–Crippen MR) is 67.6 cm³/mol. The molecule has 0 aromatic heterocycles. The Morgan fingerprint density at radius 1 is 1.33 bits per heavy atom. The molecule has 1 aromatic rings. The molecule has 0 spiro atoms. The van der Waals surface area contributed by atoms with Crippen molar-refractivity contribution in [3.8, 4) is 0 Å². The molecule has 1 unspecified atom stereocenters. The summed E-state index contributed by atoms with van der Waals surface area (Å²) in [6.07, 6.45) is -0.0544. The molecule has 0 bridgehead atoms. The Bertz CT molecular complexity index is 406. The van der Waals surface area contributed by atoms with Gasteiger partial charge in [0.2, 0.25) is 0 Å². The minimum Gasteiger partial charge on any atom is -0.481 e. The van der Waals surface area contributed by atoms with Crippen molar-refractivity contribution in [3.63, 3.8) is 0 Å². The lowest BCUT2D eigenvalue weighted by molar-refractivity contribution is -0.138. The Morgan fingerprint density at radius 2 is 1.89 bits per heavy atom. The molecule has 0 aliphatic carbocycles. The highest BCUT2D eigenvalue weighted by molar-refractivity contribution is 9.10. The molecule has 7 heteroatoms. The molecule has 0 amide bonds. The van der Waals surface area contributed by atoms with E-state index in [9.17, 15) is 18.0 Å². The van der Waals surface area contributed by atoms with Gasteiger partial charge in [0.15, 0.2) is 0 Å². The molecule has 0 aliphatic rings. The van der Waals surface area contributed by atoms with Gasteiger partial charge in [-0.2, -0.15) is 13.2 Å². The minimum absolute atomic E-state index is 0.0544. The summed E-state index contributed by atoms with van der Waals surface area (Å²) < 4.78 is 36.7. The fourth-order valence-electron chi connectivity index (χ4n) is 1.42. The normalized spacial score (nSPS) is 13.3. The standard InChI is InChI=1S/C11H10BrF3O2S/c12-8-3-1-7(2-4-8)9(10(16)17)5-6-18-11(13,14)15/h1-4,9H,5-6H2,(H,16,17). The second-order valence-corrected chi connectivity index (χ2v) is 5.60. The van der Waals surface area contributed by atoms with Crippen LogP contribution in [0, 0.1) is 0 Å². The maximum atomic E-state index is 12.0. The third-order valence-corrected chi connectivity index (χ3v) is 3.54. The van der Waals surface area contributed by atoms with Gasteiger partial charge in [0.1, 0.15) is 0 Å². The van der Waals surface area contributed by atoms with E-state index >= 15 is 0 Å². The van der Waals surface area contributed by atoms with Gasteiger partial charge in [-0.05, 0) is 24.1 Å². The minimum atomic E-state index is -4.32. The Balaban J connectivity index is 2.66. The van der Waals surface area contributed by atoms with Gasteiger partial charge in [-0.3, -0.25) is 4.79 Å². The summed E-state index contributed by atoms with van der Waals surface area (Å²) in [5.41, 5.74) is -3.81. The first-order valence-electron chi connectivity index (χ1n) is 4.98. The lowest BCUT2D eigenvalue weighted by Crippen LogP contribution is -2.13. The predicted octanol–water partition coefficient (Wildman–Crippen LogP) is 4.26. The summed E-state index contributed by atoms with van der Waals surface area (Å²) in [4.78, 5) is 11.0. The Labute approximate surface area is 115 Å². The molecular weight excluding hydrogens is 333 g/mol. The number of carbonyl (C=O) groups is 1. The number of halogens is 4. The van der Waals surface area contributed by atoms with Gasteiger partial charge < -0.3 is 5.11 Å². The second-order valence-electron chi connectivity index (χ2n) is 3.53. The monoisotopic (exact) mass is 342 g/mol. The largest absolute Gasteiger partial charge is 0.481 e. The van der Waals surface area contributed by atoms with Gasteiger partial charge >= 0.3 is 11.5 Å². The Hall–Kier alpha value is -0.690. The highest BCUT2D eigenvalue weighted by atomic mass is 79.9. The van der Waals surface area contributed by atoms with Crippen LogP contribution in [0.15, 0.2) is 28.7 Å². The molecule has 0 heterocycles. The van der Waals surface area contributed by atoms with E-state index in [1.807, 2.05) is 0 Å². The Morgan fingerprint density at radius 3 is 2.33 bits per heavy atom. The molecule has 18 heavy (non-hydrogen) atoms. The topological polar surface area (TPSA) is 37.3 Å². The van der Waals surface area contributed by atoms with Crippen LogP contribution in [0.1, 0.15) is 17.9 Å². The molecule has 1 rings (SSSR count). The van der Waals surface area contributed by atoms with Crippen LogP contribution in [0.4, 0.5) is 13.2 Å². The second kappa shape index (κ2) is 6.47. The number of alkyl halides is 3. The molecular formula is C11H10BrF3O2S. The van der Waals surface area contributed by atoms with E-state index in [1.165, 1.54) is 0 Å². The fraction of sp³-hybridized carbons (Fsp3) is 0.364. The summed E-state index contributed by atoms with van der Waals surface area (Å²) in [6.45, 7) is 0. The number of aliphatic carboxylic acids is 1. The molecule has 2 nitrogen and oxygen atoms in total. The van der Waals surface area contributed by atoms with Crippen molar-refractivity contribution < 1.29 is 23.1 Å². The smallest absolute Gasteiger partial charge is 0.441 e. The van der Waals surface area contributed by atoms with Gasteiger partial charge in [0, 0.05) is 10.2 Å². The number of thioether (sulfide) groups is 1. The number of hydrogen-bond donors (Lipinski definition) is 1. The van der Waals surface area contributed by atoms with Crippen molar-refractivity contribution >= 4 is 33.7 Å². The molecule has 0 aliphatic heterocycles. The van der Waals surface area contributed by atoms with E-state index in [2.05, 4.69) is 15.9 Å². The first kappa shape index (κ1) is 15.4. The van der Waals surface area contributed by atoms with Crippen LogP contribution in [-0.2, 0) is 4.79 Å². The van der Waals surface area contributed by atoms with Crippen molar-refractivity contribution in [1.29, 1.82) is 0 Å². The Kier molecular flexibility index (Phi) is 5.52. The number of carboxylic acids is 1. The van der Waals surface area contributed by atoms with E-state index in [0.29, 0.717) is 5.56 Å². The molecule has 0 radical (unpaired) electrons. The first-order valence-corrected chi connectivity index (χ1v) is 6.76. The van der Waals surface area contributed by atoms with Crippen LogP contribution >= 0.6 is 27.7 Å². The average Bonchev–Trinajstić information content (AvgIpc) is 2.24. The zero-order chi connectivity index (χ0) is 13.8. The van der Waals surface area contributed by atoms with Crippen LogP contribution < -0.4 is 0 Å². The highest BCUT2D eigenvalue weighted by Gasteiger charge is 2.29. The van der Waals surface area contributed by atoms with Crippen LogP contribution in [0.25, 0.3) is 0 Å². The van der Waals surface area contributed by atoms with Crippen LogP contribution in [-0.4, -0.2) is 22.3 Å². The lowest BCUT2D eigenvalue weighted by atomic mass is 9.97. The maximum Gasteiger partial charge on any atom is 0.441 e. The fourth-order valence-corrected chi connectivity index (χ4v) is 2.27. The van der Waals surface area contributed by atoms with Crippen LogP contribution in [0.3, 0.4) is 0 Å². The molecule has 0 saturated carbocycles. The maximum absolute atomic E-state index is 12.0. The van der Waals surface area contributed by atoms with Gasteiger partial charge in [-0.1, -0.05) is 39.8 Å². The lowest BCUT2D eigenvalue weighted by Gasteiger charge is -2.13.